The van der Waals surface area contributed by atoms with Gasteiger partial charge in [-0.25, -0.2) is 13.1 Å². The van der Waals surface area contributed by atoms with Gasteiger partial charge in [0.15, 0.2) is 11.5 Å². The Labute approximate surface area is 148 Å². The van der Waals surface area contributed by atoms with Gasteiger partial charge in [0.2, 0.25) is 15.8 Å². The molecule has 7 heteroatoms. The smallest absolute Gasteiger partial charge is 0.212 e. The third-order valence-corrected chi connectivity index (χ3v) is 4.94. The number of hydrogen-bond acceptors (Lipinski definition) is 5. The molecule has 0 radical (unpaired) electrons. The number of methoxy groups -OCH3 is 2. The van der Waals surface area contributed by atoms with E-state index in [1.54, 1.807) is 25.3 Å². The van der Waals surface area contributed by atoms with E-state index in [2.05, 4.69) is 4.72 Å². The molecular weight excluding hydrogens is 342 g/mol. The van der Waals surface area contributed by atoms with E-state index >= 15 is 0 Å². The Morgan fingerprint density at radius 1 is 0.920 bits per heavy atom. The quantitative estimate of drug-likeness (QED) is 0.654. The summed E-state index contributed by atoms with van der Waals surface area (Å²) in [4.78, 5) is 0. The van der Waals surface area contributed by atoms with Gasteiger partial charge in [-0.2, -0.15) is 0 Å². The van der Waals surface area contributed by atoms with Gasteiger partial charge in [0.05, 0.1) is 20.0 Å². The van der Waals surface area contributed by atoms with Crippen LogP contribution in [0.4, 0.5) is 0 Å². The van der Waals surface area contributed by atoms with Crippen LogP contribution in [0.1, 0.15) is 5.56 Å². The van der Waals surface area contributed by atoms with E-state index in [-0.39, 0.29) is 18.9 Å². The SMILES string of the molecule is COc1cccc(OCCNS(=O)(=O)CCc2ccccc2)c1OC. The molecule has 1 N–H and O–H groups in total. The van der Waals surface area contributed by atoms with Gasteiger partial charge in [0, 0.05) is 6.54 Å². The van der Waals surface area contributed by atoms with Gasteiger partial charge in [0.1, 0.15) is 6.61 Å². The summed E-state index contributed by atoms with van der Waals surface area (Å²) in [6.07, 6.45) is 0.473. The van der Waals surface area contributed by atoms with Crippen LogP contribution in [0.2, 0.25) is 0 Å². The molecule has 25 heavy (non-hydrogen) atoms. The molecule has 0 saturated carbocycles. The number of sulfonamides is 1. The summed E-state index contributed by atoms with van der Waals surface area (Å²) in [5.74, 6) is 1.59. The van der Waals surface area contributed by atoms with E-state index in [0.29, 0.717) is 23.7 Å². The number of hydrogen-bond donors (Lipinski definition) is 1. The lowest BCUT2D eigenvalue weighted by Gasteiger charge is -2.13. The fourth-order valence-corrected chi connectivity index (χ4v) is 3.34. The van der Waals surface area contributed by atoms with Crippen LogP contribution >= 0.6 is 0 Å². The summed E-state index contributed by atoms with van der Waals surface area (Å²) < 4.78 is 42.7. The van der Waals surface area contributed by atoms with Crippen molar-refractivity contribution in [1.82, 2.24) is 4.72 Å². The van der Waals surface area contributed by atoms with Gasteiger partial charge >= 0.3 is 0 Å². The monoisotopic (exact) mass is 365 g/mol. The highest BCUT2D eigenvalue weighted by molar-refractivity contribution is 7.89. The molecular formula is C18H23NO5S. The minimum atomic E-state index is -3.35. The van der Waals surface area contributed by atoms with Gasteiger partial charge in [0.25, 0.3) is 0 Å². The highest BCUT2D eigenvalue weighted by atomic mass is 32.2. The van der Waals surface area contributed by atoms with Crippen LogP contribution in [0.15, 0.2) is 48.5 Å². The molecule has 136 valence electrons. The Hall–Kier alpha value is -2.25. The molecule has 6 nitrogen and oxygen atoms in total. The topological polar surface area (TPSA) is 73.9 Å². The zero-order chi connectivity index (χ0) is 18.1. The van der Waals surface area contributed by atoms with Crippen molar-refractivity contribution in [3.63, 3.8) is 0 Å². The Morgan fingerprint density at radius 2 is 1.64 bits per heavy atom. The average Bonchev–Trinajstić information content (AvgIpc) is 2.64. The molecule has 2 aromatic rings. The molecule has 0 fully saturated rings. The zero-order valence-electron chi connectivity index (χ0n) is 14.4. The van der Waals surface area contributed by atoms with Crippen LogP contribution in [0, 0.1) is 0 Å². The van der Waals surface area contributed by atoms with Crippen molar-refractivity contribution in [2.75, 3.05) is 33.1 Å². The van der Waals surface area contributed by atoms with Crippen LogP contribution in [0.3, 0.4) is 0 Å². The predicted octanol–water partition coefficient (Wildman–Crippen LogP) is 2.24. The van der Waals surface area contributed by atoms with Crippen LogP contribution in [-0.2, 0) is 16.4 Å². The van der Waals surface area contributed by atoms with Crippen molar-refractivity contribution in [3.8, 4) is 17.2 Å². The molecule has 0 aliphatic heterocycles. The molecule has 0 aliphatic carbocycles. The van der Waals surface area contributed by atoms with E-state index in [1.165, 1.54) is 7.11 Å². The predicted molar refractivity (Wildman–Crippen MR) is 97.0 cm³/mol. The normalized spacial score (nSPS) is 11.1. The maximum absolute atomic E-state index is 12.0. The van der Waals surface area contributed by atoms with Gasteiger partial charge in [-0.05, 0) is 24.1 Å². The largest absolute Gasteiger partial charge is 0.493 e. The third-order valence-electron chi connectivity index (χ3n) is 3.55. The van der Waals surface area contributed by atoms with Crippen LogP contribution in [0.25, 0.3) is 0 Å². The molecule has 0 heterocycles. The first kappa shape index (κ1) is 19.1. The highest BCUT2D eigenvalue weighted by Crippen LogP contribution is 2.36. The van der Waals surface area contributed by atoms with Crippen LogP contribution < -0.4 is 18.9 Å². The first-order valence-corrected chi connectivity index (χ1v) is 9.56. The molecule has 0 aliphatic rings. The maximum atomic E-state index is 12.0. The zero-order valence-corrected chi connectivity index (χ0v) is 15.2. The summed E-state index contributed by atoms with van der Waals surface area (Å²) in [6, 6.07) is 14.8. The lowest BCUT2D eigenvalue weighted by Crippen LogP contribution is -2.31. The Kier molecular flexibility index (Phi) is 7.09. The maximum Gasteiger partial charge on any atom is 0.212 e. The number of nitrogens with one attached hydrogen (secondary N) is 1. The van der Waals surface area contributed by atoms with Crippen molar-refractivity contribution < 1.29 is 22.6 Å². The fourth-order valence-electron chi connectivity index (χ4n) is 2.30. The highest BCUT2D eigenvalue weighted by Gasteiger charge is 2.12. The average molecular weight is 365 g/mol. The minimum Gasteiger partial charge on any atom is -0.493 e. The van der Waals surface area contributed by atoms with Crippen molar-refractivity contribution in [1.29, 1.82) is 0 Å². The summed E-state index contributed by atoms with van der Waals surface area (Å²) >= 11 is 0. The minimum absolute atomic E-state index is 0.0412. The number of aryl methyl sites for hydroxylation is 1. The van der Waals surface area contributed by atoms with Crippen molar-refractivity contribution >= 4 is 10.0 Å². The summed E-state index contributed by atoms with van der Waals surface area (Å²) in [5, 5.41) is 0. The second kappa shape index (κ2) is 9.29. The number of rotatable bonds is 10. The molecule has 0 atom stereocenters. The molecule has 0 saturated heterocycles. The van der Waals surface area contributed by atoms with Crippen molar-refractivity contribution in [2.24, 2.45) is 0 Å². The van der Waals surface area contributed by atoms with Crippen molar-refractivity contribution in [3.05, 3.63) is 54.1 Å². The first-order valence-electron chi connectivity index (χ1n) is 7.91. The third kappa shape index (κ3) is 5.95. The molecule has 0 aromatic heterocycles. The molecule has 2 aromatic carbocycles. The van der Waals surface area contributed by atoms with Crippen molar-refractivity contribution in [2.45, 2.75) is 6.42 Å². The molecule has 0 amide bonds. The van der Waals surface area contributed by atoms with E-state index in [1.807, 2.05) is 30.3 Å². The van der Waals surface area contributed by atoms with Crippen LogP contribution in [-0.4, -0.2) is 41.5 Å². The summed E-state index contributed by atoms with van der Waals surface area (Å²) in [7, 11) is -0.280. The molecule has 0 spiro atoms. The number of benzene rings is 2. The van der Waals surface area contributed by atoms with E-state index in [0.717, 1.165) is 5.56 Å². The molecule has 0 bridgehead atoms. The summed E-state index contributed by atoms with van der Waals surface area (Å²) in [6.45, 7) is 0.367. The van der Waals surface area contributed by atoms with Gasteiger partial charge in [-0.1, -0.05) is 36.4 Å². The van der Waals surface area contributed by atoms with E-state index in [9.17, 15) is 8.42 Å². The summed E-state index contributed by atoms with van der Waals surface area (Å²) in [5.41, 5.74) is 0.991. The standard InChI is InChI=1S/C18H23NO5S/c1-22-16-9-6-10-17(18(16)23-2)24-13-12-19-25(20,21)14-11-15-7-4-3-5-8-15/h3-10,19H,11-14H2,1-2H3. The Bertz CT molecular complexity index is 762. The molecule has 2 rings (SSSR count). The van der Waals surface area contributed by atoms with Gasteiger partial charge < -0.3 is 14.2 Å². The van der Waals surface area contributed by atoms with E-state index in [4.69, 9.17) is 14.2 Å². The van der Waals surface area contributed by atoms with Gasteiger partial charge in [-0.3, -0.25) is 0 Å². The van der Waals surface area contributed by atoms with Crippen LogP contribution in [0.5, 0.6) is 17.2 Å². The fraction of sp³-hybridized carbons (Fsp3) is 0.333. The Balaban J connectivity index is 1.80. The number of ether oxygens (including phenoxy) is 3. The molecule has 0 unspecified atom stereocenters. The second-order valence-corrected chi connectivity index (χ2v) is 7.22. The van der Waals surface area contributed by atoms with Gasteiger partial charge in [-0.15, -0.1) is 0 Å². The lowest BCUT2D eigenvalue weighted by atomic mass is 10.2. The van der Waals surface area contributed by atoms with E-state index < -0.39 is 10.0 Å². The second-order valence-electron chi connectivity index (χ2n) is 5.29. The Morgan fingerprint density at radius 3 is 2.32 bits per heavy atom. The first-order chi connectivity index (χ1) is 12.1. The number of para-hydroxylation sites is 1. The lowest BCUT2D eigenvalue weighted by molar-refractivity contribution is 0.287.